The van der Waals surface area contributed by atoms with Crippen LogP contribution >= 0.6 is 15.9 Å². The standard InChI is InChI=1S/C28H25BrN2O8S3/c29-21-4-12-25(13-5-21)40(32,33)27-2-1-3-28(20-27)41(34,35)30-22-6-8-23(9-7-22)39-24-10-14-26(15-11-24)42(36,37)31-16-18-38-19-17-31/h1-15,20,30H,16-19H2. The van der Waals surface area contributed by atoms with Gasteiger partial charge in [0.25, 0.3) is 10.0 Å². The van der Waals surface area contributed by atoms with Gasteiger partial charge in [0.15, 0.2) is 0 Å². The molecule has 0 spiro atoms. The minimum atomic E-state index is -4.12. The number of sulfone groups is 1. The van der Waals surface area contributed by atoms with Gasteiger partial charge < -0.3 is 9.47 Å². The number of ether oxygens (including phenoxy) is 2. The molecule has 4 aromatic rings. The zero-order chi connectivity index (χ0) is 30.0. The summed E-state index contributed by atoms with van der Waals surface area (Å²) >= 11 is 3.27. The van der Waals surface area contributed by atoms with Crippen molar-refractivity contribution in [2.75, 3.05) is 31.0 Å². The number of morpholine rings is 1. The van der Waals surface area contributed by atoms with Crippen molar-refractivity contribution in [2.24, 2.45) is 0 Å². The van der Waals surface area contributed by atoms with Crippen molar-refractivity contribution in [1.82, 2.24) is 4.31 Å². The van der Waals surface area contributed by atoms with Crippen LogP contribution in [0.4, 0.5) is 5.69 Å². The minimum Gasteiger partial charge on any atom is -0.457 e. The lowest BCUT2D eigenvalue weighted by Crippen LogP contribution is -2.40. The summed E-state index contributed by atoms with van der Waals surface area (Å²) in [6, 6.07) is 23.3. The van der Waals surface area contributed by atoms with E-state index in [2.05, 4.69) is 20.7 Å². The number of rotatable bonds is 9. The Hall–Kier alpha value is -3.27. The number of hydrogen-bond acceptors (Lipinski definition) is 8. The number of halogens is 1. The van der Waals surface area contributed by atoms with Gasteiger partial charge in [0.1, 0.15) is 11.5 Å². The largest absolute Gasteiger partial charge is 0.457 e. The lowest BCUT2D eigenvalue weighted by Gasteiger charge is -2.26. The van der Waals surface area contributed by atoms with E-state index in [0.29, 0.717) is 42.3 Å². The molecule has 0 amide bonds. The Morgan fingerprint density at radius 3 is 1.83 bits per heavy atom. The quantitative estimate of drug-likeness (QED) is 0.262. The van der Waals surface area contributed by atoms with Gasteiger partial charge in [0.2, 0.25) is 19.9 Å². The second kappa shape index (κ2) is 12.1. The third-order valence-corrected chi connectivity index (χ3v) is 11.9. The predicted molar refractivity (Wildman–Crippen MR) is 159 cm³/mol. The molecule has 0 aromatic heterocycles. The molecular weight excluding hydrogens is 668 g/mol. The number of nitrogens with zero attached hydrogens (tertiary/aromatic N) is 1. The predicted octanol–water partition coefficient (Wildman–Crippen LogP) is 4.90. The third-order valence-electron chi connectivity index (χ3n) is 6.32. The van der Waals surface area contributed by atoms with E-state index in [9.17, 15) is 25.3 Å². The molecule has 0 aliphatic carbocycles. The zero-order valence-electron chi connectivity index (χ0n) is 21.9. The summed E-state index contributed by atoms with van der Waals surface area (Å²) in [7, 11) is -11.7. The van der Waals surface area contributed by atoms with E-state index in [1.807, 2.05) is 0 Å². The van der Waals surface area contributed by atoms with Crippen molar-refractivity contribution >= 4 is 51.5 Å². The van der Waals surface area contributed by atoms with Crippen LogP contribution in [0.3, 0.4) is 0 Å². The summed E-state index contributed by atoms with van der Waals surface area (Å²) in [5.41, 5.74) is 0.232. The van der Waals surface area contributed by atoms with Gasteiger partial charge in [0.05, 0.1) is 32.8 Å². The monoisotopic (exact) mass is 692 g/mol. The fourth-order valence-electron chi connectivity index (χ4n) is 4.12. The molecule has 1 saturated heterocycles. The van der Waals surface area contributed by atoms with Crippen molar-refractivity contribution in [2.45, 2.75) is 19.6 Å². The van der Waals surface area contributed by atoms with E-state index >= 15 is 0 Å². The summed E-state index contributed by atoms with van der Waals surface area (Å²) in [5, 5.41) is 0. The molecule has 0 bridgehead atoms. The van der Waals surface area contributed by atoms with Gasteiger partial charge in [-0.15, -0.1) is 0 Å². The normalized spacial score (nSPS) is 14.8. The van der Waals surface area contributed by atoms with Crippen LogP contribution < -0.4 is 9.46 Å². The summed E-state index contributed by atoms with van der Waals surface area (Å²) in [4.78, 5) is -0.180. The molecule has 0 saturated carbocycles. The van der Waals surface area contributed by atoms with E-state index in [1.165, 1.54) is 58.9 Å². The average molecular weight is 694 g/mol. The topological polar surface area (TPSA) is 136 Å². The molecule has 0 unspecified atom stereocenters. The maximum Gasteiger partial charge on any atom is 0.261 e. The van der Waals surface area contributed by atoms with Gasteiger partial charge in [0, 0.05) is 23.2 Å². The molecule has 14 heteroatoms. The van der Waals surface area contributed by atoms with Gasteiger partial charge in [-0.05, 0) is 91.0 Å². The SMILES string of the molecule is O=S(=O)(Nc1ccc(Oc2ccc(S(=O)(=O)N3CCOCC3)cc2)cc1)c1cccc(S(=O)(=O)c2ccc(Br)cc2)c1. The van der Waals surface area contributed by atoms with Gasteiger partial charge in [-0.25, -0.2) is 25.3 Å². The van der Waals surface area contributed by atoms with Gasteiger partial charge >= 0.3 is 0 Å². The summed E-state index contributed by atoms with van der Waals surface area (Å²) in [5.74, 6) is 0.789. The van der Waals surface area contributed by atoms with E-state index in [4.69, 9.17) is 9.47 Å². The summed E-state index contributed by atoms with van der Waals surface area (Å²) < 4.78 is 93.3. The molecule has 5 rings (SSSR count). The maximum absolute atomic E-state index is 13.1. The third kappa shape index (κ3) is 6.69. The van der Waals surface area contributed by atoms with Crippen molar-refractivity contribution in [1.29, 1.82) is 0 Å². The van der Waals surface area contributed by atoms with Crippen LogP contribution in [0.25, 0.3) is 0 Å². The van der Waals surface area contributed by atoms with Crippen LogP contribution in [0, 0.1) is 0 Å². The molecule has 220 valence electrons. The first-order chi connectivity index (χ1) is 19.9. The molecule has 1 N–H and O–H groups in total. The van der Waals surface area contributed by atoms with E-state index < -0.39 is 29.9 Å². The molecule has 4 aromatic carbocycles. The molecule has 1 heterocycles. The molecule has 0 atom stereocenters. The number of anilines is 1. The Morgan fingerprint density at radius 1 is 0.667 bits per heavy atom. The van der Waals surface area contributed by atoms with Crippen LogP contribution in [-0.4, -0.2) is 55.9 Å². The molecule has 1 fully saturated rings. The highest BCUT2D eigenvalue weighted by atomic mass is 79.9. The fourth-order valence-corrected chi connectivity index (χ4v) is 8.27. The molecule has 1 aliphatic heterocycles. The second-order valence-corrected chi connectivity index (χ2v) is 15.6. The van der Waals surface area contributed by atoms with Crippen LogP contribution in [0.1, 0.15) is 0 Å². The maximum atomic E-state index is 13.1. The number of nitrogens with one attached hydrogen (secondary N) is 1. The number of sulfonamides is 2. The van der Waals surface area contributed by atoms with Crippen molar-refractivity contribution in [3.8, 4) is 11.5 Å². The lowest BCUT2D eigenvalue weighted by atomic mass is 10.3. The highest BCUT2D eigenvalue weighted by Crippen LogP contribution is 2.28. The van der Waals surface area contributed by atoms with Gasteiger partial charge in [-0.3, -0.25) is 4.72 Å². The van der Waals surface area contributed by atoms with Crippen molar-refractivity contribution < 1.29 is 34.7 Å². The first-order valence-electron chi connectivity index (χ1n) is 12.5. The van der Waals surface area contributed by atoms with Crippen LogP contribution in [0.2, 0.25) is 0 Å². The first kappa shape index (κ1) is 30.2. The van der Waals surface area contributed by atoms with Crippen molar-refractivity contribution in [3.63, 3.8) is 0 Å². The van der Waals surface area contributed by atoms with Gasteiger partial charge in [-0.2, -0.15) is 4.31 Å². The summed E-state index contributed by atoms with van der Waals surface area (Å²) in [6.07, 6.45) is 0. The number of hydrogen-bond donors (Lipinski definition) is 1. The van der Waals surface area contributed by atoms with Crippen LogP contribution in [-0.2, 0) is 34.6 Å². The Kier molecular flexibility index (Phi) is 8.73. The van der Waals surface area contributed by atoms with E-state index in [0.717, 1.165) is 6.07 Å². The molecule has 1 aliphatic rings. The van der Waals surface area contributed by atoms with E-state index in [-0.39, 0.29) is 25.3 Å². The minimum absolute atomic E-state index is 0.0390. The average Bonchev–Trinajstić information content (AvgIpc) is 2.99. The van der Waals surface area contributed by atoms with E-state index in [1.54, 1.807) is 36.4 Å². The summed E-state index contributed by atoms with van der Waals surface area (Å²) in [6.45, 7) is 1.31. The zero-order valence-corrected chi connectivity index (χ0v) is 25.9. The Balaban J connectivity index is 1.26. The Bertz CT molecular complexity index is 1890. The molecule has 42 heavy (non-hydrogen) atoms. The molecular formula is C28H25BrN2O8S3. The number of benzene rings is 4. The fraction of sp³-hybridized carbons (Fsp3) is 0.143. The Labute approximate surface area is 253 Å². The Morgan fingerprint density at radius 2 is 1.21 bits per heavy atom. The second-order valence-electron chi connectivity index (χ2n) is 9.15. The molecule has 10 nitrogen and oxygen atoms in total. The molecule has 0 radical (unpaired) electrons. The highest BCUT2D eigenvalue weighted by Gasteiger charge is 2.26. The van der Waals surface area contributed by atoms with Crippen LogP contribution in [0.5, 0.6) is 11.5 Å². The highest BCUT2D eigenvalue weighted by molar-refractivity contribution is 9.10. The first-order valence-corrected chi connectivity index (χ1v) is 17.7. The van der Waals surface area contributed by atoms with Gasteiger partial charge in [-0.1, -0.05) is 22.0 Å². The lowest BCUT2D eigenvalue weighted by molar-refractivity contribution is 0.0730. The van der Waals surface area contributed by atoms with Crippen molar-refractivity contribution in [3.05, 3.63) is 102 Å². The smallest absolute Gasteiger partial charge is 0.261 e. The van der Waals surface area contributed by atoms with Crippen LogP contribution in [0.15, 0.2) is 121 Å².